The van der Waals surface area contributed by atoms with E-state index in [4.69, 9.17) is 4.74 Å². The smallest absolute Gasteiger partial charge is 0.250 e. The largest absolute Gasteiger partial charge is 0.481 e. The summed E-state index contributed by atoms with van der Waals surface area (Å²) in [7, 11) is -1.95. The average Bonchev–Trinajstić information content (AvgIpc) is 2.15. The van der Waals surface area contributed by atoms with Crippen LogP contribution in [0.1, 0.15) is 25.5 Å². The summed E-state index contributed by atoms with van der Waals surface area (Å²) in [4.78, 5) is 7.76. The fraction of sp³-hybridized carbons (Fsp3) is 0.556. The summed E-state index contributed by atoms with van der Waals surface area (Å²) in [6.45, 7) is 3.85. The minimum absolute atomic E-state index is 0.127. The molecule has 0 saturated heterocycles. The molecular weight excluding hydrogens is 216 g/mol. The maximum atomic E-state index is 11.3. The second kappa shape index (κ2) is 4.14. The van der Waals surface area contributed by atoms with E-state index < -0.39 is 9.84 Å². The molecule has 0 fully saturated rings. The Kier molecular flexibility index (Phi) is 3.28. The van der Waals surface area contributed by atoms with Gasteiger partial charge < -0.3 is 4.74 Å². The van der Waals surface area contributed by atoms with Crippen molar-refractivity contribution in [2.75, 3.05) is 13.4 Å². The van der Waals surface area contributed by atoms with Crippen LogP contribution < -0.4 is 4.74 Å². The molecule has 1 heterocycles. The first-order valence-electron chi connectivity index (χ1n) is 4.47. The molecule has 84 valence electrons. The van der Waals surface area contributed by atoms with E-state index in [1.807, 2.05) is 13.8 Å². The zero-order chi connectivity index (χ0) is 11.6. The van der Waals surface area contributed by atoms with Gasteiger partial charge in [-0.05, 0) is 5.92 Å². The van der Waals surface area contributed by atoms with E-state index in [2.05, 4.69) is 9.97 Å². The van der Waals surface area contributed by atoms with Crippen LogP contribution in [0.25, 0.3) is 0 Å². The van der Waals surface area contributed by atoms with Crippen LogP contribution in [0.5, 0.6) is 5.88 Å². The summed E-state index contributed by atoms with van der Waals surface area (Å²) in [5.41, 5.74) is 0.655. The third-order valence-corrected chi connectivity index (χ3v) is 2.68. The highest BCUT2D eigenvalue weighted by Crippen LogP contribution is 2.18. The van der Waals surface area contributed by atoms with Gasteiger partial charge in [-0.3, -0.25) is 0 Å². The number of nitrogens with zero attached hydrogens (tertiary/aromatic N) is 2. The SMILES string of the molecule is COc1cc(C(C)C)nc(S(C)(=O)=O)n1. The Labute approximate surface area is 89.4 Å². The van der Waals surface area contributed by atoms with Crippen molar-refractivity contribution in [3.05, 3.63) is 11.8 Å². The molecule has 0 amide bonds. The third kappa shape index (κ3) is 2.89. The van der Waals surface area contributed by atoms with Gasteiger partial charge in [0.25, 0.3) is 0 Å². The lowest BCUT2D eigenvalue weighted by Crippen LogP contribution is -2.08. The molecule has 0 aliphatic rings. The van der Waals surface area contributed by atoms with Gasteiger partial charge in [0.1, 0.15) is 0 Å². The summed E-state index contributed by atoms with van der Waals surface area (Å²) in [6, 6.07) is 1.64. The first-order valence-corrected chi connectivity index (χ1v) is 6.36. The molecule has 1 rings (SSSR count). The molecule has 0 atom stereocenters. The molecule has 15 heavy (non-hydrogen) atoms. The Hall–Kier alpha value is -1.17. The van der Waals surface area contributed by atoms with E-state index in [-0.39, 0.29) is 17.0 Å². The molecule has 0 aromatic carbocycles. The molecule has 5 nitrogen and oxygen atoms in total. The van der Waals surface area contributed by atoms with Crippen molar-refractivity contribution < 1.29 is 13.2 Å². The Morgan fingerprint density at radius 2 is 1.93 bits per heavy atom. The van der Waals surface area contributed by atoms with Crippen LogP contribution >= 0.6 is 0 Å². The van der Waals surface area contributed by atoms with Gasteiger partial charge in [-0.1, -0.05) is 13.8 Å². The minimum atomic E-state index is -3.39. The molecule has 1 aromatic rings. The van der Waals surface area contributed by atoms with Crippen molar-refractivity contribution in [1.82, 2.24) is 9.97 Å². The van der Waals surface area contributed by atoms with E-state index in [0.717, 1.165) is 6.26 Å². The van der Waals surface area contributed by atoms with Gasteiger partial charge in [0.05, 0.1) is 12.8 Å². The fourth-order valence-corrected chi connectivity index (χ4v) is 1.51. The molecule has 0 radical (unpaired) electrons. The van der Waals surface area contributed by atoms with E-state index in [1.54, 1.807) is 6.07 Å². The topological polar surface area (TPSA) is 69.2 Å². The number of sulfone groups is 1. The van der Waals surface area contributed by atoms with Crippen LogP contribution in [-0.2, 0) is 9.84 Å². The van der Waals surface area contributed by atoms with E-state index in [9.17, 15) is 8.42 Å². The van der Waals surface area contributed by atoms with Crippen molar-refractivity contribution in [2.24, 2.45) is 0 Å². The Bertz CT molecular complexity index is 454. The fourth-order valence-electron chi connectivity index (χ4n) is 0.987. The molecule has 1 aromatic heterocycles. The Morgan fingerprint density at radius 3 is 2.33 bits per heavy atom. The first kappa shape index (κ1) is 11.9. The monoisotopic (exact) mass is 230 g/mol. The first-order chi connectivity index (χ1) is 6.84. The van der Waals surface area contributed by atoms with Crippen LogP contribution in [0, 0.1) is 0 Å². The summed E-state index contributed by atoms with van der Waals surface area (Å²) >= 11 is 0. The molecule has 6 heteroatoms. The second-order valence-electron chi connectivity index (χ2n) is 3.54. The quantitative estimate of drug-likeness (QED) is 0.725. The van der Waals surface area contributed by atoms with Gasteiger partial charge in [-0.2, -0.15) is 4.98 Å². The molecule has 0 bridgehead atoms. The average molecular weight is 230 g/mol. The van der Waals surface area contributed by atoms with Crippen molar-refractivity contribution in [2.45, 2.75) is 24.9 Å². The molecule has 0 unspecified atom stereocenters. The van der Waals surface area contributed by atoms with Crippen LogP contribution in [-0.4, -0.2) is 31.8 Å². The Balaban J connectivity index is 3.36. The number of hydrogen-bond acceptors (Lipinski definition) is 5. The molecule has 0 spiro atoms. The highest BCUT2D eigenvalue weighted by atomic mass is 32.2. The number of hydrogen-bond donors (Lipinski definition) is 0. The van der Waals surface area contributed by atoms with E-state index in [1.165, 1.54) is 7.11 Å². The summed E-state index contributed by atoms with van der Waals surface area (Å²) < 4.78 is 27.5. The normalized spacial score (nSPS) is 11.8. The lowest BCUT2D eigenvalue weighted by molar-refractivity contribution is 0.389. The highest BCUT2D eigenvalue weighted by Gasteiger charge is 2.15. The molecule has 0 aliphatic carbocycles. The summed E-state index contributed by atoms with van der Waals surface area (Å²) in [5, 5.41) is -0.189. The number of aromatic nitrogens is 2. The highest BCUT2D eigenvalue weighted by molar-refractivity contribution is 7.90. The standard InChI is InChI=1S/C9H14N2O3S/c1-6(2)7-5-8(14-3)11-9(10-7)15(4,12)13/h5-6H,1-4H3. The zero-order valence-electron chi connectivity index (χ0n) is 9.18. The molecule has 0 aliphatic heterocycles. The Morgan fingerprint density at radius 1 is 1.33 bits per heavy atom. The lowest BCUT2D eigenvalue weighted by Gasteiger charge is -2.08. The molecule has 0 N–H and O–H groups in total. The predicted molar refractivity (Wildman–Crippen MR) is 55.8 cm³/mol. The van der Waals surface area contributed by atoms with Gasteiger partial charge in [0.15, 0.2) is 0 Å². The van der Waals surface area contributed by atoms with Crippen molar-refractivity contribution in [1.29, 1.82) is 0 Å². The van der Waals surface area contributed by atoms with Crippen molar-refractivity contribution >= 4 is 9.84 Å². The summed E-state index contributed by atoms with van der Waals surface area (Å²) in [6.07, 6.45) is 1.08. The van der Waals surface area contributed by atoms with Crippen molar-refractivity contribution in [3.8, 4) is 5.88 Å². The molecular formula is C9H14N2O3S. The van der Waals surface area contributed by atoms with E-state index in [0.29, 0.717) is 5.69 Å². The lowest BCUT2D eigenvalue weighted by atomic mass is 10.1. The van der Waals surface area contributed by atoms with Gasteiger partial charge in [-0.25, -0.2) is 13.4 Å². The third-order valence-electron chi connectivity index (χ3n) is 1.83. The minimum Gasteiger partial charge on any atom is -0.481 e. The van der Waals surface area contributed by atoms with Gasteiger partial charge in [0, 0.05) is 12.3 Å². The van der Waals surface area contributed by atoms with Gasteiger partial charge in [-0.15, -0.1) is 0 Å². The van der Waals surface area contributed by atoms with Crippen LogP contribution in [0.4, 0.5) is 0 Å². The summed E-state index contributed by atoms with van der Waals surface area (Å²) in [5.74, 6) is 0.400. The maximum Gasteiger partial charge on any atom is 0.250 e. The second-order valence-corrected chi connectivity index (χ2v) is 5.45. The molecule has 0 saturated carbocycles. The number of rotatable bonds is 3. The maximum absolute atomic E-state index is 11.3. The van der Waals surface area contributed by atoms with Crippen LogP contribution in [0.15, 0.2) is 11.2 Å². The zero-order valence-corrected chi connectivity index (χ0v) is 10.00. The van der Waals surface area contributed by atoms with Crippen LogP contribution in [0.3, 0.4) is 0 Å². The van der Waals surface area contributed by atoms with Gasteiger partial charge in [0.2, 0.25) is 20.9 Å². The van der Waals surface area contributed by atoms with E-state index >= 15 is 0 Å². The number of ether oxygens (including phenoxy) is 1. The van der Waals surface area contributed by atoms with Crippen molar-refractivity contribution in [3.63, 3.8) is 0 Å². The van der Waals surface area contributed by atoms with Gasteiger partial charge >= 0.3 is 0 Å². The van der Waals surface area contributed by atoms with Crippen LogP contribution in [0.2, 0.25) is 0 Å². The predicted octanol–water partition coefficient (Wildman–Crippen LogP) is 1.01. The number of methoxy groups -OCH3 is 1.